The van der Waals surface area contributed by atoms with Gasteiger partial charge in [0.15, 0.2) is 0 Å². The van der Waals surface area contributed by atoms with Crippen molar-refractivity contribution in [2.24, 2.45) is 5.92 Å². The van der Waals surface area contributed by atoms with Crippen LogP contribution >= 0.6 is 0 Å². The van der Waals surface area contributed by atoms with E-state index in [9.17, 15) is 4.79 Å². The van der Waals surface area contributed by atoms with Gasteiger partial charge in [0.05, 0.1) is 0 Å². The van der Waals surface area contributed by atoms with Crippen LogP contribution in [0.2, 0.25) is 37.0 Å². The number of unbranched alkanes of at least 4 members (excludes halogenated alkanes) is 1. The first kappa shape index (κ1) is 19.1. The molecule has 0 radical (unpaired) electrons. The van der Waals surface area contributed by atoms with Gasteiger partial charge in [-0.05, 0) is 0 Å². The summed E-state index contributed by atoms with van der Waals surface area (Å²) < 4.78 is 6.59. The maximum absolute atomic E-state index is 12.5. The van der Waals surface area contributed by atoms with Crippen molar-refractivity contribution in [2.45, 2.75) is 70.1 Å². The monoisotopic (exact) mass is 498 g/mol. The number of carbonyl (C=O) groups is 1. The molecule has 20 heavy (non-hydrogen) atoms. The molecule has 3 atom stereocenters. The van der Waals surface area contributed by atoms with Crippen LogP contribution in [0.5, 0.6) is 0 Å². The van der Waals surface area contributed by atoms with Crippen LogP contribution in [0.25, 0.3) is 0 Å². The van der Waals surface area contributed by atoms with Crippen molar-refractivity contribution in [3.05, 3.63) is 0 Å². The molecular weight excluding hydrogens is 462 g/mol. The molecule has 1 rings (SSSR count). The van der Waals surface area contributed by atoms with E-state index in [-0.39, 0.29) is 11.9 Å². The van der Waals surface area contributed by atoms with Gasteiger partial charge >= 0.3 is 135 Å². The van der Waals surface area contributed by atoms with Gasteiger partial charge in [0.2, 0.25) is 0 Å². The van der Waals surface area contributed by atoms with Crippen molar-refractivity contribution in [2.75, 3.05) is 6.61 Å². The Labute approximate surface area is 134 Å². The predicted molar refractivity (Wildman–Crippen MR) is 92.8 cm³/mol. The summed E-state index contributed by atoms with van der Waals surface area (Å²) in [7, 11) is 0. The summed E-state index contributed by atoms with van der Waals surface area (Å²) in [6.45, 7) is 4.73. The Hall–Kier alpha value is 1.07. The summed E-state index contributed by atoms with van der Waals surface area (Å²) >= 11 is -4.30. The molecule has 0 amide bonds. The fourth-order valence-electron chi connectivity index (χ4n) is 4.38. The molecule has 0 aromatic rings. The molecule has 1 fully saturated rings. The molecule has 0 unspecified atom stereocenters. The van der Waals surface area contributed by atoms with Gasteiger partial charge in [-0.3, -0.25) is 0 Å². The van der Waals surface area contributed by atoms with E-state index in [0.717, 1.165) is 3.93 Å². The van der Waals surface area contributed by atoms with Crippen LogP contribution in [0, 0.1) is 5.92 Å². The van der Waals surface area contributed by atoms with E-state index < -0.39 is 36.8 Å². The first-order valence-corrected chi connectivity index (χ1v) is 28.4. The van der Waals surface area contributed by atoms with E-state index in [1.807, 2.05) is 6.92 Å². The summed E-state index contributed by atoms with van der Waals surface area (Å²) in [5.74, 6) is 0.396. The fourth-order valence-corrected chi connectivity index (χ4v) is 40.5. The van der Waals surface area contributed by atoms with Crippen molar-refractivity contribution in [3.8, 4) is 0 Å². The molecule has 0 saturated heterocycles. The molecule has 0 aromatic carbocycles. The number of hydrogen-bond donors (Lipinski definition) is 0. The van der Waals surface area contributed by atoms with Crippen LogP contribution in [-0.2, 0) is 9.53 Å². The molecule has 2 nitrogen and oxygen atoms in total. The average molecular weight is 496 g/mol. The summed E-state index contributed by atoms with van der Waals surface area (Å²) in [5, 5.41) is 0. The molecule has 1 saturated carbocycles. The molecule has 0 spiro atoms. The summed E-state index contributed by atoms with van der Waals surface area (Å²) in [4.78, 5) is 27.7. The second kappa shape index (κ2) is 6.67. The van der Waals surface area contributed by atoms with E-state index in [1.165, 1.54) is 19.3 Å². The zero-order chi connectivity index (χ0) is 15.8. The summed E-state index contributed by atoms with van der Waals surface area (Å²) in [6, 6.07) is 0. The molecule has 4 heteroatoms. The third kappa shape index (κ3) is 3.52. The normalized spacial score (nSPS) is 30.2. The number of carbonyl (C=O) groups excluding carboxylic acids is 1. The van der Waals surface area contributed by atoms with E-state index in [0.29, 0.717) is 10.0 Å². The van der Waals surface area contributed by atoms with Crippen LogP contribution in [-0.4, -0.2) is 49.3 Å². The van der Waals surface area contributed by atoms with Gasteiger partial charge < -0.3 is 0 Å². The zero-order valence-corrected chi connectivity index (χ0v) is 20.5. The zero-order valence-electron chi connectivity index (χ0n) is 14.8. The quantitative estimate of drug-likeness (QED) is 0.360. The van der Waals surface area contributed by atoms with Gasteiger partial charge in [-0.25, -0.2) is 0 Å². The second-order valence-electron chi connectivity index (χ2n) is 8.47. The van der Waals surface area contributed by atoms with Gasteiger partial charge in [-0.15, -0.1) is 0 Å². The summed E-state index contributed by atoms with van der Waals surface area (Å²) in [6.07, 6.45) is 3.81. The van der Waals surface area contributed by atoms with Crippen LogP contribution < -0.4 is 0 Å². The Morgan fingerprint density at radius 1 is 1.10 bits per heavy atom. The van der Waals surface area contributed by atoms with E-state index in [4.69, 9.17) is 4.74 Å². The van der Waals surface area contributed by atoms with E-state index in [1.54, 1.807) is 0 Å². The summed E-state index contributed by atoms with van der Waals surface area (Å²) in [5.41, 5.74) is 0. The van der Waals surface area contributed by atoms with E-state index in [2.05, 4.69) is 36.6 Å². The van der Waals surface area contributed by atoms with Gasteiger partial charge in [-0.2, -0.15) is 0 Å². The van der Waals surface area contributed by atoms with Crippen molar-refractivity contribution >= 4 is 42.7 Å². The Balaban J connectivity index is 3.15. The molecule has 1 aliphatic carbocycles. The topological polar surface area (TPSA) is 26.3 Å². The van der Waals surface area contributed by atoms with Crippen molar-refractivity contribution in [1.29, 1.82) is 0 Å². The Morgan fingerprint density at radius 2 is 1.65 bits per heavy atom. The third-order valence-electron chi connectivity index (χ3n) is 5.15. The number of ether oxygens (including phenoxy) is 1. The predicted octanol–water partition coefficient (Wildman–Crippen LogP) is 5.16. The van der Waals surface area contributed by atoms with Crippen molar-refractivity contribution < 1.29 is 9.53 Å². The van der Waals surface area contributed by atoms with Crippen LogP contribution in [0.1, 0.15) is 33.1 Å². The SMILES string of the molecule is CCCC[C@@]1([Sn]([CH3])([CH3])[CH3])[C@@H](C(=O)OCC)[C@@H]1[Sn]([CH3])([CH3])[CH3]. The van der Waals surface area contributed by atoms with Gasteiger partial charge in [0.1, 0.15) is 0 Å². The Morgan fingerprint density at radius 3 is 2.00 bits per heavy atom. The number of hydrogen-bond acceptors (Lipinski definition) is 2. The third-order valence-corrected chi connectivity index (χ3v) is 25.7. The number of esters is 1. The first-order chi connectivity index (χ1) is 9.04. The second-order valence-corrected chi connectivity index (χ2v) is 39.2. The first-order valence-electron chi connectivity index (χ1n) is 8.20. The van der Waals surface area contributed by atoms with Crippen molar-refractivity contribution in [3.63, 3.8) is 0 Å². The molecule has 0 heterocycles. The molecule has 1 aliphatic rings. The minimum absolute atomic E-state index is 0.131. The Kier molecular flexibility index (Phi) is 6.38. The minimum atomic E-state index is -2.19. The molecular formula is C16H34O2Sn2. The van der Waals surface area contributed by atoms with Crippen LogP contribution in [0.4, 0.5) is 0 Å². The molecule has 0 aromatic heterocycles. The molecule has 118 valence electrons. The molecule has 0 bridgehead atoms. The number of rotatable bonds is 7. The maximum atomic E-state index is 12.5. The van der Waals surface area contributed by atoms with Gasteiger partial charge in [-0.1, -0.05) is 0 Å². The molecule has 0 aliphatic heterocycles. The van der Waals surface area contributed by atoms with Gasteiger partial charge in [0.25, 0.3) is 0 Å². The van der Waals surface area contributed by atoms with Gasteiger partial charge in [0, 0.05) is 0 Å². The van der Waals surface area contributed by atoms with Crippen LogP contribution in [0.3, 0.4) is 0 Å². The molecule has 0 N–H and O–H groups in total. The Bertz CT molecular complexity index is 354. The van der Waals surface area contributed by atoms with E-state index >= 15 is 0 Å². The van der Waals surface area contributed by atoms with Crippen LogP contribution in [0.15, 0.2) is 0 Å². The fraction of sp³-hybridized carbons (Fsp3) is 0.938. The van der Waals surface area contributed by atoms with Crippen molar-refractivity contribution in [1.82, 2.24) is 0 Å². The average Bonchev–Trinajstić information content (AvgIpc) is 2.96. The standard InChI is InChI=1S/C10H16O2.6CH3.2Sn/c1-3-5-6-8-7-9(8)10(11)12-4-2;;;;;;;;/h7,9H,3-6H2,1-2H3;6*1H3;;/t9-;;;;;;;;/m0......../s1.